The molecule has 1 unspecified atom stereocenters. The van der Waals surface area contributed by atoms with Gasteiger partial charge in [-0.05, 0) is 99.3 Å². The Balaban J connectivity index is 0.793. The Kier molecular flexibility index (Phi) is 11.0. The van der Waals surface area contributed by atoms with Gasteiger partial charge >= 0.3 is 12.2 Å². The van der Waals surface area contributed by atoms with Gasteiger partial charge in [0.15, 0.2) is 0 Å². The van der Waals surface area contributed by atoms with Gasteiger partial charge < -0.3 is 49.3 Å². The predicted octanol–water partition coefficient (Wildman–Crippen LogP) is 6.54. The molecule has 0 radical (unpaired) electrons. The second-order valence-electron chi connectivity index (χ2n) is 19.4. The molecule has 6 atom stereocenters. The predicted molar refractivity (Wildman–Crippen MR) is 234 cm³/mol. The number of benzene rings is 2. The third kappa shape index (κ3) is 7.61. The number of alkyl carbamates (subject to hydrolysis) is 2. The van der Waals surface area contributed by atoms with Crippen molar-refractivity contribution < 1.29 is 38.1 Å². The summed E-state index contributed by atoms with van der Waals surface area (Å²) in [6.07, 6.45) is 9.06. The Hall–Kier alpha value is -5.74. The van der Waals surface area contributed by atoms with Crippen molar-refractivity contribution in [2.45, 2.75) is 101 Å². The van der Waals surface area contributed by atoms with E-state index in [4.69, 9.17) is 28.9 Å². The van der Waals surface area contributed by atoms with Crippen molar-refractivity contribution in [2.75, 3.05) is 40.6 Å². The van der Waals surface area contributed by atoms with Crippen LogP contribution in [0.3, 0.4) is 0 Å². The van der Waals surface area contributed by atoms with Gasteiger partial charge in [-0.1, -0.05) is 48.5 Å². The second-order valence-corrected chi connectivity index (χ2v) is 19.4. The summed E-state index contributed by atoms with van der Waals surface area (Å²) in [5, 5.41) is 5.73. The molecule has 6 aliphatic rings. The minimum absolute atomic E-state index is 0.00350. The number of likely N-dealkylation sites (tertiary alicyclic amines) is 2. The smallest absolute Gasteiger partial charge is 0.407 e. The van der Waals surface area contributed by atoms with Crippen LogP contribution >= 0.6 is 0 Å². The van der Waals surface area contributed by atoms with Crippen LogP contribution in [0.5, 0.6) is 0 Å². The summed E-state index contributed by atoms with van der Waals surface area (Å²) in [5.41, 5.74) is 6.08. The first kappa shape index (κ1) is 42.2. The maximum absolute atomic E-state index is 14.3. The van der Waals surface area contributed by atoms with E-state index in [1.165, 1.54) is 14.2 Å². The normalized spacial score (nSPS) is 26.3. The van der Waals surface area contributed by atoms with Crippen LogP contribution in [0.4, 0.5) is 9.59 Å². The topological polar surface area (TPSA) is 193 Å². The van der Waals surface area contributed by atoms with Gasteiger partial charge in [-0.25, -0.2) is 19.6 Å². The highest BCUT2D eigenvalue weighted by molar-refractivity contribution is 5.88. The summed E-state index contributed by atoms with van der Waals surface area (Å²) in [6, 6.07) is 14.8. The highest BCUT2D eigenvalue weighted by atomic mass is 16.5. The Morgan fingerprint density at radius 1 is 0.609 bits per heavy atom. The Labute approximate surface area is 372 Å². The van der Waals surface area contributed by atoms with Gasteiger partial charge in [0.25, 0.3) is 0 Å². The maximum atomic E-state index is 14.3. The van der Waals surface area contributed by atoms with Crippen LogP contribution in [0.1, 0.15) is 88.9 Å². The Morgan fingerprint density at radius 3 is 1.30 bits per heavy atom. The average molecular weight is 875 g/mol. The van der Waals surface area contributed by atoms with Gasteiger partial charge in [0.1, 0.15) is 23.7 Å². The molecule has 0 bridgehead atoms. The number of nitrogens with zero attached hydrogens (tertiary/aromatic N) is 4. The molecule has 64 heavy (non-hydrogen) atoms. The molecular weight excluding hydrogens is 817 g/mol. The lowest BCUT2D eigenvalue weighted by Gasteiger charge is -2.55. The maximum Gasteiger partial charge on any atom is 0.407 e. The van der Waals surface area contributed by atoms with E-state index in [2.05, 4.69) is 83.0 Å². The molecule has 2 aliphatic carbocycles. The third-order valence-electron chi connectivity index (χ3n) is 15.2. The van der Waals surface area contributed by atoms with Gasteiger partial charge in [0, 0.05) is 22.9 Å². The molecule has 4 amide bonds. The van der Waals surface area contributed by atoms with Crippen molar-refractivity contribution >= 4 is 24.0 Å². The number of carbonyl (C=O) groups is 4. The number of aromatic nitrogens is 4. The minimum atomic E-state index is -0.663. The number of ether oxygens (including phenoxy) is 4. The molecule has 10 rings (SSSR count). The highest BCUT2D eigenvalue weighted by Gasteiger charge is 2.56. The standard InChI is InChI=1S/C48H58N8O8/c1-27-5-15-37(55(27)43(57)39(53-45(59)61-3)33-17-47(18-33)23-63-24-47)41-49-21-35(51-41)31-11-7-29(8-12-31)30-9-13-32(14-10-30)36-22-50-42(52-36)38-16-6-28(2)56(38)44(58)40(54-46(60)62-4)34-19-48(20-34)25-64-26-48/h7-14,21-22,27-28,33-34,37-40H,5-6,15-20,23-26H2,1-4H3,(H,49,51)(H,50,52)(H,53,59)(H,54,60)/t27-,28-,37-,38-,39-,40?/m0/s1. The highest BCUT2D eigenvalue weighted by Crippen LogP contribution is 2.54. The molecule has 16 heteroatoms. The first-order chi connectivity index (χ1) is 31.0. The van der Waals surface area contributed by atoms with Crippen molar-refractivity contribution in [1.82, 2.24) is 40.4 Å². The average Bonchev–Trinajstić information content (AvgIpc) is 4.07. The van der Waals surface area contributed by atoms with Crippen LogP contribution in [0.2, 0.25) is 0 Å². The van der Waals surface area contributed by atoms with Gasteiger partial charge in [-0.2, -0.15) is 0 Å². The lowest BCUT2D eigenvalue weighted by Crippen LogP contribution is -2.62. The summed E-state index contributed by atoms with van der Waals surface area (Å²) in [4.78, 5) is 73.7. The van der Waals surface area contributed by atoms with E-state index in [0.717, 1.165) is 96.7 Å². The molecule has 2 aromatic heterocycles. The molecule has 4 aromatic rings. The fourth-order valence-corrected chi connectivity index (χ4v) is 11.5. The van der Waals surface area contributed by atoms with Crippen molar-refractivity contribution in [3.05, 3.63) is 72.6 Å². The molecule has 4 saturated heterocycles. The van der Waals surface area contributed by atoms with Crippen LogP contribution in [0, 0.1) is 22.7 Å². The molecule has 2 spiro atoms. The number of hydrogen-bond acceptors (Lipinski definition) is 10. The zero-order valence-electron chi connectivity index (χ0n) is 36.9. The molecule has 4 aliphatic heterocycles. The monoisotopic (exact) mass is 874 g/mol. The van der Waals surface area contributed by atoms with E-state index in [1.807, 2.05) is 22.2 Å². The molecule has 4 N–H and O–H groups in total. The number of amides is 4. The van der Waals surface area contributed by atoms with Gasteiger partial charge in [0.05, 0.1) is 76.5 Å². The van der Waals surface area contributed by atoms with E-state index < -0.39 is 24.3 Å². The quantitative estimate of drug-likeness (QED) is 0.129. The van der Waals surface area contributed by atoms with E-state index in [-0.39, 0.29) is 58.6 Å². The van der Waals surface area contributed by atoms with E-state index in [9.17, 15) is 19.2 Å². The zero-order chi connectivity index (χ0) is 44.3. The van der Waals surface area contributed by atoms with Gasteiger partial charge in [-0.15, -0.1) is 0 Å². The van der Waals surface area contributed by atoms with E-state index in [0.29, 0.717) is 26.4 Å². The molecule has 2 saturated carbocycles. The second kappa shape index (κ2) is 16.7. The van der Waals surface area contributed by atoms with Crippen molar-refractivity contribution in [3.8, 4) is 33.6 Å². The number of methoxy groups -OCH3 is 2. The van der Waals surface area contributed by atoms with Crippen LogP contribution in [0.15, 0.2) is 60.9 Å². The summed E-state index contributed by atoms with van der Waals surface area (Å²) in [7, 11) is 2.64. The van der Waals surface area contributed by atoms with Gasteiger partial charge in [0.2, 0.25) is 11.8 Å². The first-order valence-corrected chi connectivity index (χ1v) is 22.8. The van der Waals surface area contributed by atoms with Crippen LogP contribution < -0.4 is 10.6 Å². The molecule has 16 nitrogen and oxygen atoms in total. The molecule has 338 valence electrons. The largest absolute Gasteiger partial charge is 0.453 e. The molecule has 6 fully saturated rings. The van der Waals surface area contributed by atoms with Crippen molar-refractivity contribution in [2.24, 2.45) is 22.7 Å². The van der Waals surface area contributed by atoms with Crippen LogP contribution in [-0.2, 0) is 28.5 Å². The fourth-order valence-electron chi connectivity index (χ4n) is 11.5. The lowest BCUT2D eigenvalue weighted by molar-refractivity contribution is -0.186. The Morgan fingerprint density at radius 2 is 0.969 bits per heavy atom. The molecular formula is C48H58N8O8. The summed E-state index contributed by atoms with van der Waals surface area (Å²) >= 11 is 0. The minimum Gasteiger partial charge on any atom is -0.453 e. The zero-order valence-corrected chi connectivity index (χ0v) is 36.9. The van der Waals surface area contributed by atoms with E-state index in [1.54, 1.807) is 0 Å². The summed E-state index contributed by atoms with van der Waals surface area (Å²) in [6.45, 7) is 6.98. The number of nitrogens with one attached hydrogen (secondary N) is 4. The van der Waals surface area contributed by atoms with Gasteiger partial charge in [-0.3, -0.25) is 9.59 Å². The number of H-pyrrole nitrogens is 2. The number of carbonyl (C=O) groups excluding carboxylic acids is 4. The number of imidazole rings is 2. The number of rotatable bonds is 11. The van der Waals surface area contributed by atoms with Crippen molar-refractivity contribution in [3.63, 3.8) is 0 Å². The van der Waals surface area contributed by atoms with E-state index >= 15 is 0 Å². The fraction of sp³-hybridized carbons (Fsp3) is 0.542. The van der Waals surface area contributed by atoms with Crippen LogP contribution in [-0.4, -0.2) is 119 Å². The van der Waals surface area contributed by atoms with Crippen LogP contribution in [0.25, 0.3) is 33.6 Å². The molecule has 6 heterocycles. The third-order valence-corrected chi connectivity index (χ3v) is 15.2. The Bertz CT molecular complexity index is 2210. The number of aromatic amines is 2. The SMILES string of the molecule is COC(=O)NC(C(=O)N1[C@@H](C)CC[C@H]1c1ncc(-c2ccc(-c3ccc(-c4cnc([C@@H]5CC[C@H](C)N5C(=O)[C@@H](NC(=O)OC)C5CC6(COC6)C5)[nH]4)cc3)cc2)[nH]1)C1CC2(COC2)C1. The van der Waals surface area contributed by atoms with Crippen molar-refractivity contribution in [1.29, 1.82) is 0 Å². The summed E-state index contributed by atoms with van der Waals surface area (Å²) in [5.74, 6) is 1.35. The molecule has 2 aromatic carbocycles. The number of hydrogen-bond donors (Lipinski definition) is 4. The first-order valence-electron chi connectivity index (χ1n) is 22.8. The summed E-state index contributed by atoms with van der Waals surface area (Å²) < 4.78 is 20.8. The lowest BCUT2D eigenvalue weighted by atomic mass is 9.58.